The number of hydrogen-bond acceptors (Lipinski definition) is 6. The van der Waals surface area contributed by atoms with Gasteiger partial charge in [0.15, 0.2) is 0 Å². The minimum atomic E-state index is -0.799. The normalized spacial score (nSPS) is 19.4. The van der Waals surface area contributed by atoms with Gasteiger partial charge in [-0.25, -0.2) is 14.6 Å². The van der Waals surface area contributed by atoms with Crippen LogP contribution in [0, 0.1) is 5.92 Å². The number of piperidine rings is 1. The Bertz CT molecular complexity index is 756. The number of pyridine rings is 1. The monoisotopic (exact) mass is 374 g/mol. The van der Waals surface area contributed by atoms with Gasteiger partial charge in [0.1, 0.15) is 16.9 Å². The Kier molecular flexibility index (Phi) is 5.08. The molecular weight excluding hydrogens is 348 g/mol. The predicted molar refractivity (Wildman–Crippen MR) is 99.5 cm³/mol. The first kappa shape index (κ1) is 19.1. The maximum absolute atomic E-state index is 12.9. The quantitative estimate of drug-likeness (QED) is 0.590. The average molecular weight is 374 g/mol. The molecule has 27 heavy (non-hydrogen) atoms. The number of nitrogens with zero attached hydrogens (tertiary/aromatic N) is 4. The smallest absolute Gasteiger partial charge is 0.341 e. The van der Waals surface area contributed by atoms with Crippen LogP contribution in [0.2, 0.25) is 0 Å². The molecule has 1 aromatic heterocycles. The third-order valence-corrected chi connectivity index (χ3v) is 5.37. The fourth-order valence-corrected chi connectivity index (χ4v) is 3.99. The highest BCUT2D eigenvalue weighted by Crippen LogP contribution is 2.38. The second-order valence-corrected chi connectivity index (χ2v) is 7.54. The molecule has 0 aliphatic carbocycles. The van der Waals surface area contributed by atoms with Crippen molar-refractivity contribution in [2.24, 2.45) is 5.92 Å². The number of hydrogen-bond donors (Lipinski definition) is 0. The molecule has 8 heteroatoms. The highest BCUT2D eigenvalue weighted by Gasteiger charge is 2.56. The molecule has 2 aliphatic rings. The zero-order chi connectivity index (χ0) is 19.8. The van der Waals surface area contributed by atoms with Gasteiger partial charge < -0.3 is 14.5 Å². The molecule has 0 atom stereocenters. The Balaban J connectivity index is 1.85. The fraction of sp³-hybridized carbons (Fsp3) is 0.579. The number of methoxy groups -OCH3 is 1. The average Bonchev–Trinajstić information content (AvgIpc) is 2.84. The van der Waals surface area contributed by atoms with Crippen LogP contribution in [0.1, 0.15) is 37.0 Å². The molecule has 3 amide bonds. The Labute approximate surface area is 159 Å². The third-order valence-electron chi connectivity index (χ3n) is 5.37. The van der Waals surface area contributed by atoms with Gasteiger partial charge in [-0.15, -0.1) is 0 Å². The van der Waals surface area contributed by atoms with Crippen molar-refractivity contribution in [3.8, 4) is 0 Å². The summed E-state index contributed by atoms with van der Waals surface area (Å²) in [6.45, 7) is 5.68. The van der Waals surface area contributed by atoms with Gasteiger partial charge in [0.2, 0.25) is 0 Å². The number of rotatable bonds is 4. The summed E-state index contributed by atoms with van der Waals surface area (Å²) in [5.74, 6) is 0.248. The highest BCUT2D eigenvalue weighted by atomic mass is 16.5. The van der Waals surface area contributed by atoms with Crippen LogP contribution in [0.3, 0.4) is 0 Å². The first-order valence-corrected chi connectivity index (χ1v) is 9.20. The van der Waals surface area contributed by atoms with Crippen molar-refractivity contribution in [1.82, 2.24) is 14.8 Å². The van der Waals surface area contributed by atoms with Crippen molar-refractivity contribution in [2.45, 2.75) is 32.2 Å². The number of aromatic nitrogens is 1. The Morgan fingerprint density at radius 1 is 1.30 bits per heavy atom. The van der Waals surface area contributed by atoms with Crippen LogP contribution in [0.4, 0.5) is 10.6 Å². The summed E-state index contributed by atoms with van der Waals surface area (Å²) in [6, 6.07) is 3.15. The van der Waals surface area contributed by atoms with Crippen LogP contribution >= 0.6 is 0 Å². The first-order chi connectivity index (χ1) is 12.8. The van der Waals surface area contributed by atoms with E-state index in [2.05, 4.69) is 4.98 Å². The molecule has 2 fully saturated rings. The lowest BCUT2D eigenvalue weighted by atomic mass is 9.85. The first-order valence-electron chi connectivity index (χ1n) is 9.20. The van der Waals surface area contributed by atoms with Crippen molar-refractivity contribution >= 4 is 23.7 Å². The molecular formula is C19H26N4O4. The number of amides is 3. The second-order valence-electron chi connectivity index (χ2n) is 7.54. The number of anilines is 1. The lowest BCUT2D eigenvalue weighted by Crippen LogP contribution is -2.57. The minimum absolute atomic E-state index is 0.137. The topological polar surface area (TPSA) is 83.0 Å². The molecule has 146 valence electrons. The van der Waals surface area contributed by atoms with Crippen LogP contribution in [0.15, 0.2) is 18.3 Å². The maximum atomic E-state index is 12.9. The number of imide groups is 1. The summed E-state index contributed by atoms with van der Waals surface area (Å²) in [7, 11) is 2.89. The number of ether oxygens (including phenoxy) is 1. The summed E-state index contributed by atoms with van der Waals surface area (Å²) < 4.78 is 4.85. The van der Waals surface area contributed by atoms with Crippen molar-refractivity contribution in [3.05, 3.63) is 23.9 Å². The number of carbonyl (C=O) groups excluding carboxylic acids is 3. The van der Waals surface area contributed by atoms with Crippen LogP contribution < -0.4 is 4.90 Å². The van der Waals surface area contributed by atoms with Crippen LogP contribution in [-0.2, 0) is 9.53 Å². The zero-order valence-electron chi connectivity index (χ0n) is 16.3. The van der Waals surface area contributed by atoms with Crippen LogP contribution in [-0.4, -0.2) is 72.0 Å². The summed E-state index contributed by atoms with van der Waals surface area (Å²) in [4.78, 5) is 46.8. The van der Waals surface area contributed by atoms with Crippen molar-refractivity contribution < 1.29 is 19.1 Å². The molecule has 8 nitrogen and oxygen atoms in total. The third kappa shape index (κ3) is 3.13. The number of carbonyl (C=O) groups is 3. The van der Waals surface area contributed by atoms with E-state index >= 15 is 0 Å². The molecule has 0 bridgehead atoms. The van der Waals surface area contributed by atoms with Gasteiger partial charge in [0.25, 0.3) is 5.91 Å². The van der Waals surface area contributed by atoms with E-state index in [9.17, 15) is 14.4 Å². The molecule has 1 spiro atoms. The Hall–Kier alpha value is -2.64. The molecule has 0 radical (unpaired) electrons. The molecule has 0 N–H and O–H groups in total. The number of esters is 1. The fourth-order valence-electron chi connectivity index (χ4n) is 3.99. The van der Waals surface area contributed by atoms with Gasteiger partial charge in [-0.05, 0) is 30.9 Å². The SMILES string of the molecule is COC(=O)c1cccnc1N1CCC2(CC1)C(=O)N(C)C(=O)N2CC(C)C. The molecule has 2 saturated heterocycles. The zero-order valence-corrected chi connectivity index (χ0v) is 16.3. The van der Waals surface area contributed by atoms with Gasteiger partial charge in [-0.1, -0.05) is 13.8 Å². The van der Waals surface area contributed by atoms with Crippen molar-refractivity contribution in [3.63, 3.8) is 0 Å². The van der Waals surface area contributed by atoms with Crippen molar-refractivity contribution in [2.75, 3.05) is 38.7 Å². The van der Waals surface area contributed by atoms with Gasteiger partial charge in [-0.3, -0.25) is 9.69 Å². The van der Waals surface area contributed by atoms with Crippen LogP contribution in [0.5, 0.6) is 0 Å². The van der Waals surface area contributed by atoms with E-state index in [4.69, 9.17) is 4.74 Å². The maximum Gasteiger partial charge on any atom is 0.341 e. The summed E-state index contributed by atoms with van der Waals surface area (Å²) in [6.07, 6.45) is 2.65. The predicted octanol–water partition coefficient (Wildman–Crippen LogP) is 1.76. The molecule has 3 heterocycles. The van der Waals surface area contributed by atoms with Gasteiger partial charge >= 0.3 is 12.0 Å². The van der Waals surface area contributed by atoms with E-state index in [0.29, 0.717) is 43.9 Å². The Morgan fingerprint density at radius 2 is 1.96 bits per heavy atom. The minimum Gasteiger partial charge on any atom is -0.465 e. The molecule has 0 unspecified atom stereocenters. The molecule has 1 aromatic rings. The summed E-state index contributed by atoms with van der Waals surface area (Å²) >= 11 is 0. The Morgan fingerprint density at radius 3 is 2.56 bits per heavy atom. The van der Waals surface area contributed by atoms with Gasteiger partial charge in [0.05, 0.1) is 7.11 Å². The van der Waals surface area contributed by atoms with E-state index in [-0.39, 0.29) is 17.9 Å². The summed E-state index contributed by atoms with van der Waals surface area (Å²) in [5, 5.41) is 0. The lowest BCUT2D eigenvalue weighted by Gasteiger charge is -2.43. The largest absolute Gasteiger partial charge is 0.465 e. The van der Waals surface area contributed by atoms with Crippen molar-refractivity contribution in [1.29, 1.82) is 0 Å². The molecule has 0 aromatic carbocycles. The van der Waals surface area contributed by atoms with E-state index in [1.807, 2.05) is 18.7 Å². The molecule has 2 aliphatic heterocycles. The van der Waals surface area contributed by atoms with E-state index in [1.165, 1.54) is 12.0 Å². The standard InChI is InChI=1S/C19H26N4O4/c1-13(2)12-23-18(26)21(3)17(25)19(23)7-10-22(11-8-19)15-14(16(24)27-4)6-5-9-20-15/h5-6,9,13H,7-8,10-12H2,1-4H3. The number of likely N-dealkylation sites (N-methyl/N-ethyl adjacent to an activating group) is 1. The summed E-state index contributed by atoms with van der Waals surface area (Å²) in [5.41, 5.74) is -0.395. The highest BCUT2D eigenvalue weighted by molar-refractivity contribution is 6.07. The van der Waals surface area contributed by atoms with Crippen LogP contribution in [0.25, 0.3) is 0 Å². The van der Waals surface area contributed by atoms with Gasteiger partial charge in [0, 0.05) is 32.9 Å². The molecule has 0 saturated carbocycles. The van der Waals surface area contributed by atoms with E-state index < -0.39 is 11.5 Å². The second kappa shape index (κ2) is 7.17. The lowest BCUT2D eigenvalue weighted by molar-refractivity contribution is -0.133. The molecule has 3 rings (SSSR count). The number of urea groups is 1. The van der Waals surface area contributed by atoms with E-state index in [0.717, 1.165) is 0 Å². The van der Waals surface area contributed by atoms with Gasteiger partial charge in [-0.2, -0.15) is 0 Å². The van der Waals surface area contributed by atoms with E-state index in [1.54, 1.807) is 30.3 Å².